The molecule has 1 unspecified atom stereocenters. The molecule has 0 N–H and O–H groups in total. The highest BCUT2D eigenvalue weighted by Crippen LogP contribution is 2.21. The summed E-state index contributed by atoms with van der Waals surface area (Å²) in [5.74, 6) is -0.177. The number of rotatable bonds is 10. The van der Waals surface area contributed by atoms with Gasteiger partial charge in [-0.15, -0.1) is 0 Å². The summed E-state index contributed by atoms with van der Waals surface area (Å²) in [6.07, 6.45) is 1.33. The largest absolute Gasteiger partial charge is 0.463 e. The van der Waals surface area contributed by atoms with Crippen molar-refractivity contribution in [1.82, 2.24) is 0 Å². The third kappa shape index (κ3) is 8.51. The van der Waals surface area contributed by atoms with Crippen molar-refractivity contribution in [3.05, 3.63) is 0 Å². The number of hydrogen-bond acceptors (Lipinski definition) is 4. The van der Waals surface area contributed by atoms with Crippen molar-refractivity contribution in [2.75, 3.05) is 48.0 Å². The summed E-state index contributed by atoms with van der Waals surface area (Å²) in [4.78, 5) is 11.8. The number of carbonyl (C=O) groups is 1. The summed E-state index contributed by atoms with van der Waals surface area (Å²) >= 11 is 0. The minimum atomic E-state index is -0.426. The van der Waals surface area contributed by atoms with Crippen LogP contribution in [0.1, 0.15) is 33.6 Å². The maximum Gasteiger partial charge on any atom is 0.311 e. The number of ether oxygens (including phenoxy) is 3. The van der Waals surface area contributed by atoms with Crippen LogP contribution in [0.5, 0.6) is 0 Å². The Kier molecular flexibility index (Phi) is 8.32. The topological polar surface area (TPSA) is 44.8 Å². The van der Waals surface area contributed by atoms with Crippen molar-refractivity contribution in [2.45, 2.75) is 39.9 Å². The molecule has 0 rings (SSSR count). The van der Waals surface area contributed by atoms with Gasteiger partial charge in [0.25, 0.3) is 0 Å². The molecule has 5 nitrogen and oxygen atoms in total. The van der Waals surface area contributed by atoms with Crippen molar-refractivity contribution < 1.29 is 23.5 Å². The van der Waals surface area contributed by atoms with E-state index >= 15 is 0 Å². The number of nitrogens with zero attached hydrogens (tertiary/aromatic N) is 1. The van der Waals surface area contributed by atoms with Gasteiger partial charge in [-0.05, 0) is 20.3 Å². The summed E-state index contributed by atoms with van der Waals surface area (Å²) in [6, 6.07) is 0. The molecule has 0 heterocycles. The fraction of sp³-hybridized carbons (Fsp3) is 0.933. The quantitative estimate of drug-likeness (QED) is 0.267. The molecule has 0 saturated carbocycles. The van der Waals surface area contributed by atoms with Gasteiger partial charge in [-0.1, -0.05) is 6.92 Å². The molecule has 0 aliphatic heterocycles. The highest BCUT2D eigenvalue weighted by atomic mass is 16.7. The Morgan fingerprint density at radius 3 is 2.25 bits per heavy atom. The van der Waals surface area contributed by atoms with Crippen LogP contribution in [0.4, 0.5) is 0 Å². The first-order valence-electron chi connectivity index (χ1n) is 7.24. The standard InChI is InChI=1S/C15H32NO4/c1-8-15(2,3)14(17)20-12-11-19-13(18-7)9-10-16(4,5)6/h13H,8-12H2,1-7H3/q+1. The number of hydrogen-bond donors (Lipinski definition) is 0. The average molecular weight is 290 g/mol. The van der Waals surface area contributed by atoms with Crippen molar-refractivity contribution in [1.29, 1.82) is 0 Å². The van der Waals surface area contributed by atoms with Gasteiger partial charge in [-0.25, -0.2) is 0 Å². The molecule has 5 heteroatoms. The second-order valence-corrected chi connectivity index (χ2v) is 6.71. The van der Waals surface area contributed by atoms with E-state index in [0.717, 1.165) is 23.9 Å². The van der Waals surface area contributed by atoms with Crippen LogP contribution in [0.3, 0.4) is 0 Å². The smallest absolute Gasteiger partial charge is 0.311 e. The minimum absolute atomic E-state index is 0.177. The average Bonchev–Trinajstić information content (AvgIpc) is 2.36. The first-order chi connectivity index (χ1) is 9.12. The Morgan fingerprint density at radius 2 is 1.80 bits per heavy atom. The molecule has 0 aliphatic rings. The van der Waals surface area contributed by atoms with Gasteiger partial charge in [0.2, 0.25) is 0 Å². The van der Waals surface area contributed by atoms with Gasteiger partial charge in [0, 0.05) is 13.5 Å². The van der Waals surface area contributed by atoms with Crippen LogP contribution >= 0.6 is 0 Å². The van der Waals surface area contributed by atoms with E-state index in [2.05, 4.69) is 21.1 Å². The normalized spacial score (nSPS) is 14.2. The Balaban J connectivity index is 3.89. The molecule has 0 aromatic heterocycles. The van der Waals surface area contributed by atoms with Gasteiger partial charge in [0.1, 0.15) is 6.61 Å². The van der Waals surface area contributed by atoms with E-state index in [-0.39, 0.29) is 18.9 Å². The van der Waals surface area contributed by atoms with Crippen LogP contribution in [0.15, 0.2) is 0 Å². The molecule has 0 fully saturated rings. The Hall–Kier alpha value is -0.650. The van der Waals surface area contributed by atoms with Gasteiger partial charge in [0.05, 0.1) is 39.7 Å². The number of quaternary nitrogens is 1. The van der Waals surface area contributed by atoms with E-state index in [1.807, 2.05) is 20.8 Å². The summed E-state index contributed by atoms with van der Waals surface area (Å²) in [7, 11) is 8.01. The monoisotopic (exact) mass is 290 g/mol. The lowest BCUT2D eigenvalue weighted by Gasteiger charge is -2.26. The van der Waals surface area contributed by atoms with Crippen LogP contribution < -0.4 is 0 Å². The van der Waals surface area contributed by atoms with Crippen LogP contribution in [0, 0.1) is 5.41 Å². The van der Waals surface area contributed by atoms with Gasteiger partial charge >= 0.3 is 5.97 Å². The van der Waals surface area contributed by atoms with Gasteiger partial charge in [-0.2, -0.15) is 0 Å². The molecular weight excluding hydrogens is 258 g/mol. The third-order valence-corrected chi connectivity index (χ3v) is 3.36. The van der Waals surface area contributed by atoms with E-state index in [4.69, 9.17) is 14.2 Å². The van der Waals surface area contributed by atoms with E-state index in [9.17, 15) is 4.79 Å². The molecule has 1 atom stereocenters. The second kappa shape index (κ2) is 8.60. The molecule has 0 radical (unpaired) electrons. The lowest BCUT2D eigenvalue weighted by atomic mass is 9.91. The number of methoxy groups -OCH3 is 1. The number of esters is 1. The van der Waals surface area contributed by atoms with Crippen LogP contribution in [-0.2, 0) is 19.0 Å². The molecule has 120 valence electrons. The third-order valence-electron chi connectivity index (χ3n) is 3.36. The highest BCUT2D eigenvalue weighted by molar-refractivity contribution is 5.75. The van der Waals surface area contributed by atoms with Gasteiger partial charge in [-0.3, -0.25) is 4.79 Å². The summed E-state index contributed by atoms with van der Waals surface area (Å²) in [5, 5.41) is 0. The molecule has 0 aromatic rings. The van der Waals surface area contributed by atoms with Gasteiger partial charge < -0.3 is 18.7 Å². The van der Waals surface area contributed by atoms with Crippen LogP contribution in [-0.4, -0.2) is 64.8 Å². The Labute approximate surface area is 123 Å². The minimum Gasteiger partial charge on any atom is -0.463 e. The molecule has 0 spiro atoms. The van der Waals surface area contributed by atoms with Crippen molar-refractivity contribution in [3.63, 3.8) is 0 Å². The number of carbonyl (C=O) groups excluding carboxylic acids is 1. The van der Waals surface area contributed by atoms with Crippen molar-refractivity contribution in [3.8, 4) is 0 Å². The predicted octanol–water partition coefficient (Wildman–Crippen LogP) is 2.05. The van der Waals surface area contributed by atoms with Crippen LogP contribution in [0.2, 0.25) is 0 Å². The van der Waals surface area contributed by atoms with Crippen molar-refractivity contribution in [2.24, 2.45) is 5.41 Å². The summed E-state index contributed by atoms with van der Waals surface area (Å²) in [6.45, 7) is 7.34. The first kappa shape index (κ1) is 19.4. The van der Waals surface area contributed by atoms with E-state index in [1.54, 1.807) is 7.11 Å². The van der Waals surface area contributed by atoms with E-state index < -0.39 is 5.41 Å². The lowest BCUT2D eigenvalue weighted by Crippen LogP contribution is -2.38. The molecule has 0 aromatic carbocycles. The molecule has 0 aliphatic carbocycles. The maximum atomic E-state index is 11.8. The molecule has 0 bridgehead atoms. The predicted molar refractivity (Wildman–Crippen MR) is 79.3 cm³/mol. The molecule has 0 amide bonds. The first-order valence-corrected chi connectivity index (χ1v) is 7.24. The zero-order valence-corrected chi connectivity index (χ0v) is 14.2. The van der Waals surface area contributed by atoms with Crippen LogP contribution in [0.25, 0.3) is 0 Å². The highest BCUT2D eigenvalue weighted by Gasteiger charge is 2.26. The fourth-order valence-corrected chi connectivity index (χ4v) is 1.42. The SMILES string of the molecule is CCC(C)(C)C(=O)OCCOC(CC[N+](C)(C)C)OC. The molecule has 20 heavy (non-hydrogen) atoms. The van der Waals surface area contributed by atoms with Crippen molar-refractivity contribution >= 4 is 5.97 Å². The Morgan fingerprint density at radius 1 is 1.20 bits per heavy atom. The zero-order valence-electron chi connectivity index (χ0n) is 14.2. The lowest BCUT2D eigenvalue weighted by molar-refractivity contribution is -0.871. The fourth-order valence-electron chi connectivity index (χ4n) is 1.42. The maximum absolute atomic E-state index is 11.8. The Bertz CT molecular complexity index is 284. The van der Waals surface area contributed by atoms with E-state index in [0.29, 0.717) is 6.61 Å². The second-order valence-electron chi connectivity index (χ2n) is 6.71. The van der Waals surface area contributed by atoms with E-state index in [1.165, 1.54) is 0 Å². The zero-order chi connectivity index (χ0) is 15.8. The van der Waals surface area contributed by atoms with Gasteiger partial charge in [0.15, 0.2) is 6.29 Å². The summed E-state index contributed by atoms with van der Waals surface area (Å²) < 4.78 is 16.9. The summed E-state index contributed by atoms with van der Waals surface area (Å²) in [5.41, 5.74) is -0.426. The molecular formula is C15H32NO4+. The molecule has 0 saturated heterocycles.